The minimum Gasteiger partial charge on any atom is -0.373 e. The fourth-order valence-corrected chi connectivity index (χ4v) is 7.40. The molecule has 1 nitrogen and oxygen atoms in total. The van der Waals surface area contributed by atoms with Crippen LogP contribution in [-0.2, 0) is 4.74 Å². The summed E-state index contributed by atoms with van der Waals surface area (Å²) >= 11 is 0. The normalized spacial score (nSPS) is 14.5. The highest BCUT2D eigenvalue weighted by molar-refractivity contribution is 4.68. The lowest BCUT2D eigenvalue weighted by molar-refractivity contribution is 0.387. The second-order valence-electron chi connectivity index (χ2n) is 15.5. The fraction of sp³-hybridized carbons (Fsp3) is 1.00. The molecule has 1 fully saturated rings. The van der Waals surface area contributed by atoms with E-state index in [2.05, 4.69) is 6.92 Å². The molecule has 1 aliphatic rings. The maximum Gasteiger partial charge on any atom is 0.0810 e. The standard InChI is InChI=1S/C44H88O/c1-2-3-4-5-6-7-8-9-10-11-12-13-14-15-16-17-18-19-20-21-22-23-24-25-26-27-28-29-30-31-32-33-34-35-36-37-38-39-40-41-42-44-43-45-44/h44H,2-43H2,1H3. The second kappa shape index (κ2) is 38.4. The lowest BCUT2D eigenvalue weighted by Gasteiger charge is -2.05. The molecule has 270 valence electrons. The van der Waals surface area contributed by atoms with Crippen molar-refractivity contribution in [3.63, 3.8) is 0 Å². The topological polar surface area (TPSA) is 12.5 Å². The monoisotopic (exact) mass is 633 g/mol. The summed E-state index contributed by atoms with van der Waals surface area (Å²) in [5.41, 5.74) is 0. The first kappa shape index (κ1) is 43.0. The smallest absolute Gasteiger partial charge is 0.0810 e. The highest BCUT2D eigenvalue weighted by atomic mass is 16.6. The predicted octanol–water partition coefficient (Wildman–Crippen LogP) is 16.4. The summed E-state index contributed by atoms with van der Waals surface area (Å²) in [4.78, 5) is 0. The Bertz CT molecular complexity index is 511. The Morgan fingerprint density at radius 3 is 0.578 bits per heavy atom. The van der Waals surface area contributed by atoms with Crippen LogP contribution in [0.15, 0.2) is 0 Å². The third-order valence-corrected chi connectivity index (χ3v) is 10.8. The van der Waals surface area contributed by atoms with Gasteiger partial charge in [0.25, 0.3) is 0 Å². The van der Waals surface area contributed by atoms with Gasteiger partial charge in [0.1, 0.15) is 0 Å². The SMILES string of the molecule is CCCCCCCCCCCCCCCCCCCCCCCCCCCCCCCCCCCCCCCCCCC1CO1. The molecule has 1 heteroatoms. The van der Waals surface area contributed by atoms with E-state index in [0.717, 1.165) is 6.61 Å². The fourth-order valence-electron chi connectivity index (χ4n) is 7.40. The van der Waals surface area contributed by atoms with E-state index in [9.17, 15) is 0 Å². The number of rotatable bonds is 41. The van der Waals surface area contributed by atoms with Gasteiger partial charge >= 0.3 is 0 Å². The van der Waals surface area contributed by atoms with Crippen LogP contribution in [0.25, 0.3) is 0 Å². The Kier molecular flexibility index (Phi) is 36.7. The molecule has 0 radical (unpaired) electrons. The highest BCUT2D eigenvalue weighted by Crippen LogP contribution is 2.20. The van der Waals surface area contributed by atoms with Crippen LogP contribution in [0.2, 0.25) is 0 Å². The van der Waals surface area contributed by atoms with Crippen LogP contribution in [0.5, 0.6) is 0 Å². The molecule has 1 rings (SSSR count). The molecule has 0 bridgehead atoms. The molecule has 0 aromatic rings. The summed E-state index contributed by atoms with van der Waals surface area (Å²) in [7, 11) is 0. The van der Waals surface area contributed by atoms with Gasteiger partial charge in [-0.15, -0.1) is 0 Å². The zero-order valence-corrected chi connectivity index (χ0v) is 31.7. The Labute approximate surface area is 287 Å². The van der Waals surface area contributed by atoms with Crippen LogP contribution < -0.4 is 0 Å². The summed E-state index contributed by atoms with van der Waals surface area (Å²) in [6.45, 7) is 3.35. The van der Waals surface area contributed by atoms with Crippen molar-refractivity contribution in [2.75, 3.05) is 6.61 Å². The molecule has 0 aliphatic carbocycles. The van der Waals surface area contributed by atoms with E-state index >= 15 is 0 Å². The third kappa shape index (κ3) is 38.3. The van der Waals surface area contributed by atoms with E-state index in [1.165, 1.54) is 263 Å². The van der Waals surface area contributed by atoms with E-state index in [1.807, 2.05) is 0 Å². The molecule has 0 N–H and O–H groups in total. The van der Waals surface area contributed by atoms with Crippen LogP contribution in [0.4, 0.5) is 0 Å². The van der Waals surface area contributed by atoms with E-state index in [1.54, 1.807) is 0 Å². The molecule has 1 atom stereocenters. The van der Waals surface area contributed by atoms with Crippen molar-refractivity contribution >= 4 is 0 Å². The Hall–Kier alpha value is -0.0400. The van der Waals surface area contributed by atoms with Gasteiger partial charge in [-0.1, -0.05) is 264 Å². The van der Waals surface area contributed by atoms with Gasteiger partial charge in [-0.2, -0.15) is 0 Å². The van der Waals surface area contributed by atoms with Gasteiger partial charge in [-0.25, -0.2) is 0 Å². The van der Waals surface area contributed by atoms with Gasteiger partial charge in [-0.05, 0) is 6.42 Å². The first-order chi connectivity index (χ1) is 22.4. The lowest BCUT2D eigenvalue weighted by Crippen LogP contribution is -1.86. The first-order valence-corrected chi connectivity index (χ1v) is 22.0. The molecular weight excluding hydrogens is 544 g/mol. The number of ether oxygens (including phenoxy) is 1. The molecule has 0 saturated carbocycles. The van der Waals surface area contributed by atoms with E-state index in [-0.39, 0.29) is 0 Å². The molecular formula is C44H88O. The maximum absolute atomic E-state index is 5.29. The minimum atomic E-state index is 0.646. The van der Waals surface area contributed by atoms with Crippen LogP contribution in [-0.4, -0.2) is 12.7 Å². The molecule has 1 aliphatic heterocycles. The molecule has 1 heterocycles. The molecule has 0 spiro atoms. The van der Waals surface area contributed by atoms with E-state index in [4.69, 9.17) is 4.74 Å². The number of hydrogen-bond acceptors (Lipinski definition) is 1. The van der Waals surface area contributed by atoms with Gasteiger partial charge in [0.05, 0.1) is 12.7 Å². The van der Waals surface area contributed by atoms with E-state index in [0.29, 0.717) is 6.10 Å². The van der Waals surface area contributed by atoms with Crippen LogP contribution >= 0.6 is 0 Å². The van der Waals surface area contributed by atoms with Gasteiger partial charge in [0.2, 0.25) is 0 Å². The zero-order valence-electron chi connectivity index (χ0n) is 31.7. The van der Waals surface area contributed by atoms with Crippen molar-refractivity contribution in [3.8, 4) is 0 Å². The molecule has 0 amide bonds. The van der Waals surface area contributed by atoms with Crippen molar-refractivity contribution in [1.29, 1.82) is 0 Å². The van der Waals surface area contributed by atoms with Gasteiger partial charge < -0.3 is 4.74 Å². The van der Waals surface area contributed by atoms with Crippen LogP contribution in [0.3, 0.4) is 0 Å². The third-order valence-electron chi connectivity index (χ3n) is 10.8. The Morgan fingerprint density at radius 2 is 0.422 bits per heavy atom. The number of hydrogen-bond donors (Lipinski definition) is 0. The lowest BCUT2D eigenvalue weighted by atomic mass is 10.0. The largest absolute Gasteiger partial charge is 0.373 e. The van der Waals surface area contributed by atoms with Crippen molar-refractivity contribution in [2.24, 2.45) is 0 Å². The molecule has 1 unspecified atom stereocenters. The summed E-state index contributed by atoms with van der Waals surface area (Å²) in [5, 5.41) is 0. The second-order valence-corrected chi connectivity index (χ2v) is 15.5. The molecule has 0 aromatic heterocycles. The Morgan fingerprint density at radius 1 is 0.267 bits per heavy atom. The zero-order chi connectivity index (χ0) is 32.0. The van der Waals surface area contributed by atoms with Crippen molar-refractivity contribution in [3.05, 3.63) is 0 Å². The molecule has 1 saturated heterocycles. The number of epoxide rings is 1. The highest BCUT2D eigenvalue weighted by Gasteiger charge is 2.20. The quantitative estimate of drug-likeness (QED) is 0.0482. The average molecular weight is 633 g/mol. The maximum atomic E-state index is 5.29. The summed E-state index contributed by atoms with van der Waals surface area (Å²) < 4.78 is 5.29. The van der Waals surface area contributed by atoms with Crippen molar-refractivity contribution < 1.29 is 4.74 Å². The summed E-state index contributed by atoms with van der Waals surface area (Å²) in [5.74, 6) is 0. The van der Waals surface area contributed by atoms with Gasteiger partial charge in [0, 0.05) is 0 Å². The molecule has 45 heavy (non-hydrogen) atoms. The van der Waals surface area contributed by atoms with Crippen molar-refractivity contribution in [1.82, 2.24) is 0 Å². The summed E-state index contributed by atoms with van der Waals surface area (Å²) in [6.07, 6.45) is 61.2. The average Bonchev–Trinajstić information content (AvgIpc) is 3.88. The number of unbranched alkanes of at least 4 members (excludes halogenated alkanes) is 39. The van der Waals surface area contributed by atoms with Crippen molar-refractivity contribution in [2.45, 2.75) is 276 Å². The first-order valence-electron chi connectivity index (χ1n) is 22.0. The predicted molar refractivity (Wildman–Crippen MR) is 205 cm³/mol. The molecule has 0 aromatic carbocycles. The van der Waals surface area contributed by atoms with Gasteiger partial charge in [-0.3, -0.25) is 0 Å². The minimum absolute atomic E-state index is 0.646. The van der Waals surface area contributed by atoms with Gasteiger partial charge in [0.15, 0.2) is 0 Å². The van der Waals surface area contributed by atoms with Crippen LogP contribution in [0.1, 0.15) is 270 Å². The Balaban J connectivity index is 1.58. The van der Waals surface area contributed by atoms with E-state index < -0.39 is 0 Å². The van der Waals surface area contributed by atoms with Crippen LogP contribution in [0, 0.1) is 0 Å². The summed E-state index contributed by atoms with van der Waals surface area (Å²) in [6, 6.07) is 0.